The van der Waals surface area contributed by atoms with Crippen LogP contribution in [0.15, 0.2) is 28.4 Å². The van der Waals surface area contributed by atoms with E-state index in [0.717, 1.165) is 11.3 Å². The number of likely N-dealkylation sites (N-methyl/N-ethyl adjacent to an activating group) is 1. The van der Waals surface area contributed by atoms with E-state index in [1.807, 2.05) is 24.1 Å². The molecule has 1 atom stereocenters. The van der Waals surface area contributed by atoms with Crippen molar-refractivity contribution < 1.29 is 4.74 Å². The second-order valence-corrected chi connectivity index (χ2v) is 4.46. The molecule has 1 heterocycles. The first-order chi connectivity index (χ1) is 8.09. The van der Waals surface area contributed by atoms with Gasteiger partial charge in [0, 0.05) is 7.05 Å². The van der Waals surface area contributed by atoms with Crippen LogP contribution in [0.3, 0.4) is 0 Å². The molecule has 4 nitrogen and oxygen atoms in total. The van der Waals surface area contributed by atoms with Gasteiger partial charge in [0.05, 0.1) is 0 Å². The number of aryl methyl sites for hydroxylation is 1. The van der Waals surface area contributed by atoms with Crippen LogP contribution in [0.2, 0.25) is 0 Å². The maximum atomic E-state index is 5.77. The van der Waals surface area contributed by atoms with Crippen LogP contribution in [0.25, 0.3) is 0 Å². The lowest BCUT2D eigenvalue weighted by Gasteiger charge is -2.18. The number of hydrogen-bond acceptors (Lipinski definition) is 3. The Kier molecular flexibility index (Phi) is 3.38. The number of thiocarbonyl (C=S) groups is 1. The predicted molar refractivity (Wildman–Crippen MR) is 70.4 cm³/mol. The number of nitrogens with zero attached hydrogens (tertiary/aromatic N) is 3. The van der Waals surface area contributed by atoms with Crippen molar-refractivity contribution in [1.82, 2.24) is 4.90 Å². The Morgan fingerprint density at radius 1 is 1.41 bits per heavy atom. The smallest absolute Gasteiger partial charge is 0.217 e. The lowest BCUT2D eigenvalue weighted by atomic mass is 10.1. The Labute approximate surface area is 106 Å². The van der Waals surface area contributed by atoms with Gasteiger partial charge >= 0.3 is 0 Å². The molecule has 1 aliphatic rings. The van der Waals surface area contributed by atoms with Gasteiger partial charge < -0.3 is 9.64 Å². The van der Waals surface area contributed by atoms with Gasteiger partial charge in [0.15, 0.2) is 6.17 Å². The second-order valence-electron chi connectivity index (χ2n) is 4.10. The SMILES string of the molecule is Cc1cccc(OCC2N=NC(=S)N2C)c1C. The fourth-order valence-corrected chi connectivity index (χ4v) is 1.75. The van der Waals surface area contributed by atoms with E-state index in [0.29, 0.717) is 11.7 Å². The average Bonchev–Trinajstić information content (AvgIpc) is 2.62. The molecule has 1 aromatic carbocycles. The summed E-state index contributed by atoms with van der Waals surface area (Å²) in [5, 5.41) is 8.42. The maximum Gasteiger partial charge on any atom is 0.217 e. The monoisotopic (exact) mass is 249 g/mol. The summed E-state index contributed by atoms with van der Waals surface area (Å²) < 4.78 is 5.77. The van der Waals surface area contributed by atoms with Crippen molar-refractivity contribution >= 4 is 17.3 Å². The Morgan fingerprint density at radius 2 is 2.18 bits per heavy atom. The molecule has 0 bridgehead atoms. The molecule has 90 valence electrons. The lowest BCUT2D eigenvalue weighted by Crippen LogP contribution is -2.33. The third-order valence-electron chi connectivity index (χ3n) is 2.97. The number of hydrogen-bond donors (Lipinski definition) is 0. The molecule has 17 heavy (non-hydrogen) atoms. The van der Waals surface area contributed by atoms with Crippen LogP contribution < -0.4 is 4.74 Å². The number of ether oxygens (including phenoxy) is 1. The molecule has 0 amide bonds. The fourth-order valence-electron chi connectivity index (χ4n) is 1.58. The quantitative estimate of drug-likeness (QED) is 0.773. The van der Waals surface area contributed by atoms with Crippen molar-refractivity contribution in [1.29, 1.82) is 0 Å². The highest BCUT2D eigenvalue weighted by atomic mass is 32.1. The van der Waals surface area contributed by atoms with Crippen LogP contribution in [0, 0.1) is 13.8 Å². The molecule has 2 rings (SSSR count). The van der Waals surface area contributed by atoms with E-state index in [4.69, 9.17) is 17.0 Å². The van der Waals surface area contributed by atoms with E-state index in [-0.39, 0.29) is 6.17 Å². The predicted octanol–water partition coefficient (Wildman–Crippen LogP) is 2.69. The summed E-state index contributed by atoms with van der Waals surface area (Å²) >= 11 is 5.01. The van der Waals surface area contributed by atoms with Gasteiger partial charge in [-0.05, 0) is 43.3 Å². The first kappa shape index (κ1) is 12.0. The summed E-state index contributed by atoms with van der Waals surface area (Å²) in [6.45, 7) is 4.58. The van der Waals surface area contributed by atoms with E-state index in [9.17, 15) is 0 Å². The van der Waals surface area contributed by atoms with Crippen LogP contribution in [-0.2, 0) is 0 Å². The molecule has 0 N–H and O–H groups in total. The van der Waals surface area contributed by atoms with Crippen molar-refractivity contribution in [2.24, 2.45) is 10.2 Å². The van der Waals surface area contributed by atoms with Gasteiger partial charge in [-0.2, -0.15) is 5.11 Å². The standard InChI is InChI=1S/C12H15N3OS/c1-8-5-4-6-10(9(8)2)16-7-11-13-14-12(17)15(11)3/h4-6,11H,7H2,1-3H3. The summed E-state index contributed by atoms with van der Waals surface area (Å²) in [5.41, 5.74) is 2.38. The van der Waals surface area contributed by atoms with Gasteiger partial charge in [-0.1, -0.05) is 12.1 Å². The molecule has 5 heteroatoms. The van der Waals surface area contributed by atoms with Crippen LogP contribution in [0.5, 0.6) is 5.75 Å². The summed E-state index contributed by atoms with van der Waals surface area (Å²) in [7, 11) is 1.87. The van der Waals surface area contributed by atoms with Crippen molar-refractivity contribution in [2.45, 2.75) is 20.0 Å². The summed E-state index contributed by atoms with van der Waals surface area (Å²) in [5.74, 6) is 0.895. The Morgan fingerprint density at radius 3 is 2.82 bits per heavy atom. The zero-order valence-electron chi connectivity index (χ0n) is 10.2. The van der Waals surface area contributed by atoms with Crippen LogP contribution in [0.4, 0.5) is 0 Å². The third-order valence-corrected chi connectivity index (χ3v) is 3.34. The van der Waals surface area contributed by atoms with E-state index in [2.05, 4.69) is 30.1 Å². The zero-order chi connectivity index (χ0) is 12.4. The first-order valence-corrected chi connectivity index (χ1v) is 5.87. The van der Waals surface area contributed by atoms with E-state index < -0.39 is 0 Å². The summed E-state index contributed by atoms with van der Waals surface area (Å²) in [4.78, 5) is 1.83. The topological polar surface area (TPSA) is 37.2 Å². The van der Waals surface area contributed by atoms with E-state index in [1.165, 1.54) is 5.56 Å². The summed E-state index contributed by atoms with van der Waals surface area (Å²) in [6, 6.07) is 6.02. The highest BCUT2D eigenvalue weighted by Gasteiger charge is 2.23. The van der Waals surface area contributed by atoms with Gasteiger partial charge in [0.2, 0.25) is 5.11 Å². The molecule has 0 fully saturated rings. The highest BCUT2D eigenvalue weighted by molar-refractivity contribution is 7.80. The minimum atomic E-state index is -0.109. The maximum absolute atomic E-state index is 5.77. The van der Waals surface area contributed by atoms with E-state index >= 15 is 0 Å². The molecule has 0 aliphatic carbocycles. The van der Waals surface area contributed by atoms with Crippen LogP contribution in [-0.4, -0.2) is 29.8 Å². The Hall–Kier alpha value is -1.49. The molecule has 0 radical (unpaired) electrons. The number of azo groups is 1. The number of rotatable bonds is 3. The van der Waals surface area contributed by atoms with Gasteiger partial charge in [0.25, 0.3) is 0 Å². The van der Waals surface area contributed by atoms with Gasteiger partial charge in [-0.15, -0.1) is 5.11 Å². The summed E-state index contributed by atoms with van der Waals surface area (Å²) in [6.07, 6.45) is -0.109. The minimum absolute atomic E-state index is 0.109. The van der Waals surface area contributed by atoms with Gasteiger partial charge in [0.1, 0.15) is 12.4 Å². The zero-order valence-corrected chi connectivity index (χ0v) is 11.0. The highest BCUT2D eigenvalue weighted by Crippen LogP contribution is 2.21. The normalized spacial score (nSPS) is 18.9. The molecular formula is C12H15N3OS. The first-order valence-electron chi connectivity index (χ1n) is 5.46. The van der Waals surface area contributed by atoms with Crippen LogP contribution >= 0.6 is 12.2 Å². The number of benzene rings is 1. The second kappa shape index (κ2) is 4.79. The lowest BCUT2D eigenvalue weighted by molar-refractivity contribution is 0.227. The molecule has 1 unspecified atom stereocenters. The van der Waals surface area contributed by atoms with Gasteiger partial charge in [-0.3, -0.25) is 0 Å². The molecule has 1 aromatic rings. The van der Waals surface area contributed by atoms with Gasteiger partial charge in [-0.25, -0.2) is 0 Å². The van der Waals surface area contributed by atoms with Crippen molar-refractivity contribution in [3.8, 4) is 5.75 Å². The average molecular weight is 249 g/mol. The third kappa shape index (κ3) is 2.44. The molecular weight excluding hydrogens is 234 g/mol. The van der Waals surface area contributed by atoms with Crippen molar-refractivity contribution in [3.05, 3.63) is 29.3 Å². The Bertz CT molecular complexity index is 473. The van der Waals surface area contributed by atoms with Crippen molar-refractivity contribution in [2.75, 3.05) is 13.7 Å². The van der Waals surface area contributed by atoms with E-state index in [1.54, 1.807) is 0 Å². The van der Waals surface area contributed by atoms with Crippen LogP contribution in [0.1, 0.15) is 11.1 Å². The minimum Gasteiger partial charge on any atom is -0.489 e. The molecule has 0 saturated carbocycles. The Balaban J connectivity index is 2.01. The molecule has 0 spiro atoms. The van der Waals surface area contributed by atoms with Crippen molar-refractivity contribution in [3.63, 3.8) is 0 Å². The molecule has 0 saturated heterocycles. The molecule has 1 aliphatic heterocycles. The molecule has 0 aromatic heterocycles. The largest absolute Gasteiger partial charge is 0.489 e. The fraction of sp³-hybridized carbons (Fsp3) is 0.417.